The number of carboxylic acid groups (broad SMARTS) is 1. The molecule has 0 aliphatic rings. The van der Waals surface area contributed by atoms with Crippen molar-refractivity contribution in [2.24, 2.45) is 0 Å². The predicted octanol–water partition coefficient (Wildman–Crippen LogP) is 5.27. The summed E-state index contributed by atoms with van der Waals surface area (Å²) in [4.78, 5) is 102. The van der Waals surface area contributed by atoms with E-state index in [1.54, 1.807) is 53.7 Å². The van der Waals surface area contributed by atoms with Crippen molar-refractivity contribution in [1.29, 1.82) is 0 Å². The zero-order valence-corrected chi connectivity index (χ0v) is 40.2. The monoisotopic (exact) mass is 924 g/mol. The molecular formula is C48H73N7O11. The Morgan fingerprint density at radius 3 is 1.52 bits per heavy atom. The predicted molar refractivity (Wildman–Crippen MR) is 250 cm³/mol. The number of carbonyl (C=O) groups excluding carboxylic acids is 7. The molecular weight excluding hydrogens is 851 g/mol. The highest BCUT2D eigenvalue weighted by Gasteiger charge is 2.29. The number of aryl methyl sites for hydroxylation is 1. The quantitative estimate of drug-likeness (QED) is 0.0564. The summed E-state index contributed by atoms with van der Waals surface area (Å²) < 4.78 is 10.5. The van der Waals surface area contributed by atoms with Gasteiger partial charge in [0.2, 0.25) is 23.6 Å². The van der Waals surface area contributed by atoms with Crippen molar-refractivity contribution in [2.75, 3.05) is 19.6 Å². The van der Waals surface area contributed by atoms with Gasteiger partial charge in [0, 0.05) is 31.6 Å². The first-order chi connectivity index (χ1) is 31.0. The number of aliphatic carboxylic acids is 1. The maximum Gasteiger partial charge on any atom is 0.407 e. The number of amides is 7. The minimum atomic E-state index is -1.27. The van der Waals surface area contributed by atoms with Gasteiger partial charge in [-0.2, -0.15) is 0 Å². The average Bonchev–Trinajstić information content (AvgIpc) is 3.23. The summed E-state index contributed by atoms with van der Waals surface area (Å²) in [6, 6.07) is 10.7. The highest BCUT2D eigenvalue weighted by atomic mass is 16.6. The van der Waals surface area contributed by atoms with Crippen LogP contribution in [0.25, 0.3) is 11.1 Å². The number of carbonyl (C=O) groups is 8. The Balaban J connectivity index is 2.15. The van der Waals surface area contributed by atoms with Gasteiger partial charge in [0.1, 0.15) is 35.4 Å². The first kappa shape index (κ1) is 55.9. The van der Waals surface area contributed by atoms with Crippen molar-refractivity contribution in [3.8, 4) is 11.1 Å². The number of hydrogen-bond acceptors (Lipinski definition) is 10. The molecule has 66 heavy (non-hydrogen) atoms. The molecule has 0 fully saturated rings. The molecule has 18 nitrogen and oxygen atoms in total. The summed E-state index contributed by atoms with van der Waals surface area (Å²) in [7, 11) is 0. The van der Waals surface area contributed by atoms with Crippen LogP contribution in [0.15, 0.2) is 48.5 Å². The lowest BCUT2D eigenvalue weighted by Gasteiger charge is -2.25. The van der Waals surface area contributed by atoms with Gasteiger partial charge in [-0.3, -0.25) is 28.8 Å². The van der Waals surface area contributed by atoms with E-state index < -0.39 is 77.2 Å². The molecule has 0 spiro atoms. The van der Waals surface area contributed by atoms with E-state index in [1.165, 1.54) is 19.4 Å². The summed E-state index contributed by atoms with van der Waals surface area (Å²) in [6.45, 7) is 15.6. The summed E-state index contributed by atoms with van der Waals surface area (Å²) in [5.74, 6) is -4.41. The Hall–Kier alpha value is -6.20. The molecule has 0 radical (unpaired) electrons. The smallest absolute Gasteiger partial charge is 0.407 e. The van der Waals surface area contributed by atoms with E-state index in [4.69, 9.17) is 9.47 Å². The molecule has 2 aromatic carbocycles. The summed E-state index contributed by atoms with van der Waals surface area (Å²) in [5, 5.41) is 27.5. The normalized spacial score (nSPS) is 13.1. The number of hydrogen-bond donors (Lipinski definition) is 8. The zero-order chi connectivity index (χ0) is 49.5. The van der Waals surface area contributed by atoms with E-state index in [9.17, 15) is 43.5 Å². The van der Waals surface area contributed by atoms with Gasteiger partial charge >= 0.3 is 18.2 Å². The number of nitrogens with one attached hydrogen (secondary N) is 7. The lowest BCUT2D eigenvalue weighted by molar-refractivity contribution is -0.141. The van der Waals surface area contributed by atoms with Crippen molar-refractivity contribution in [1.82, 2.24) is 37.2 Å². The molecule has 0 aliphatic heterocycles. The topological polar surface area (TPSA) is 259 Å². The molecule has 2 aromatic rings. The lowest BCUT2D eigenvalue weighted by Crippen LogP contribution is -2.57. The first-order valence-electron chi connectivity index (χ1n) is 22.8. The molecule has 0 saturated heterocycles. The van der Waals surface area contributed by atoms with E-state index >= 15 is 0 Å². The fraction of sp³-hybridized carbons (Fsp3) is 0.583. The van der Waals surface area contributed by atoms with Crippen molar-refractivity contribution in [3.05, 3.63) is 59.7 Å². The summed E-state index contributed by atoms with van der Waals surface area (Å²) >= 11 is 0. The maximum absolute atomic E-state index is 13.9. The van der Waals surface area contributed by atoms with Gasteiger partial charge in [0.15, 0.2) is 0 Å². The fourth-order valence-electron chi connectivity index (χ4n) is 6.26. The van der Waals surface area contributed by atoms with Crippen LogP contribution in [0.4, 0.5) is 9.59 Å². The van der Waals surface area contributed by atoms with Crippen molar-refractivity contribution >= 4 is 47.7 Å². The molecule has 18 heteroatoms. The Labute approximate surface area is 389 Å². The largest absolute Gasteiger partial charge is 0.480 e. The van der Waals surface area contributed by atoms with Crippen LogP contribution in [0.3, 0.4) is 0 Å². The van der Waals surface area contributed by atoms with Gasteiger partial charge in [0.05, 0.1) is 0 Å². The average molecular weight is 924 g/mol. The molecule has 0 saturated carbocycles. The van der Waals surface area contributed by atoms with Crippen molar-refractivity contribution in [2.45, 2.75) is 162 Å². The highest BCUT2D eigenvalue weighted by molar-refractivity contribution is 5.96. The van der Waals surface area contributed by atoms with Gasteiger partial charge in [-0.15, -0.1) is 0 Å². The van der Waals surface area contributed by atoms with E-state index in [2.05, 4.69) is 68.4 Å². The second kappa shape index (κ2) is 28.0. The third kappa shape index (κ3) is 23.1. The highest BCUT2D eigenvalue weighted by Crippen LogP contribution is 2.21. The number of benzene rings is 2. The van der Waals surface area contributed by atoms with Crippen molar-refractivity contribution in [3.63, 3.8) is 0 Å². The number of rotatable bonds is 26. The molecule has 0 bridgehead atoms. The van der Waals surface area contributed by atoms with E-state index in [1.807, 2.05) is 12.1 Å². The summed E-state index contributed by atoms with van der Waals surface area (Å²) in [6.07, 6.45) is 3.53. The molecule has 7 amide bonds. The standard InChI is InChI=1S/C48H73N7O11/c1-10-11-16-33-19-21-34(22-20-33)35-23-25-36(26-24-35)41(58)49-30-27-39(56)54-37(17-12-14-28-50-45(63)65-47(4,5)6)43(60)55-38(18-13-15-29-51-46(64)66-48(7,8)9)42(59)52-31(2)40(57)53-32(3)44(61)62/h19-26,31-32,37-38H,10-18,27-30H2,1-9H3,(H,49,58)(H,50,63)(H,51,64)(H,52,59)(H,53,57)(H,54,56)(H,55,60)(H,61,62)/t31-,32-,37-,38-/m0/s1. The number of alkyl carbamates (subject to hydrolysis) is 2. The second-order valence-electron chi connectivity index (χ2n) is 18.2. The third-order valence-electron chi connectivity index (χ3n) is 9.83. The fourth-order valence-corrected chi connectivity index (χ4v) is 6.26. The van der Waals surface area contributed by atoms with Crippen LogP contribution in [0.5, 0.6) is 0 Å². The van der Waals surface area contributed by atoms with Gasteiger partial charge in [-0.25, -0.2) is 9.59 Å². The minimum absolute atomic E-state index is 0.0391. The third-order valence-corrected chi connectivity index (χ3v) is 9.83. The van der Waals surface area contributed by atoms with Crippen LogP contribution in [-0.4, -0.2) is 108 Å². The first-order valence-corrected chi connectivity index (χ1v) is 22.8. The van der Waals surface area contributed by atoms with Crippen LogP contribution in [0, 0.1) is 0 Å². The number of carboxylic acids is 1. The maximum atomic E-state index is 13.9. The molecule has 0 unspecified atom stereocenters. The molecule has 366 valence electrons. The molecule has 8 N–H and O–H groups in total. The number of ether oxygens (including phenoxy) is 2. The molecule has 4 atom stereocenters. The van der Waals surface area contributed by atoms with E-state index in [0.29, 0.717) is 31.2 Å². The molecule has 2 rings (SSSR count). The van der Waals surface area contributed by atoms with E-state index in [0.717, 1.165) is 30.4 Å². The Bertz CT molecular complexity index is 1910. The van der Waals surface area contributed by atoms with Crippen LogP contribution >= 0.6 is 0 Å². The molecule has 0 heterocycles. The summed E-state index contributed by atoms with van der Waals surface area (Å²) in [5.41, 5.74) is 2.27. The van der Waals surface area contributed by atoms with Gasteiger partial charge in [0.25, 0.3) is 5.91 Å². The number of unbranched alkanes of at least 4 members (excludes halogenated alkanes) is 3. The van der Waals surface area contributed by atoms with Crippen molar-refractivity contribution < 1.29 is 52.9 Å². The van der Waals surface area contributed by atoms with Gasteiger partial charge in [-0.1, -0.05) is 49.7 Å². The SMILES string of the molecule is CCCCc1ccc(-c2ccc(C(=O)NCCC(=O)N[C@@H](CCCCNC(=O)OC(C)(C)C)C(=O)N[C@@H](CCCCNC(=O)OC(C)(C)C)C(=O)N[C@@H](C)C(=O)N[C@@H](C)C(=O)O)cc2)cc1. The van der Waals surface area contributed by atoms with Gasteiger partial charge in [-0.05, 0) is 136 Å². The molecule has 0 aromatic heterocycles. The second-order valence-corrected chi connectivity index (χ2v) is 18.2. The van der Waals surface area contributed by atoms with Crippen LogP contribution < -0.4 is 37.2 Å². The van der Waals surface area contributed by atoms with Crippen LogP contribution in [-0.2, 0) is 39.9 Å². The van der Waals surface area contributed by atoms with Gasteiger partial charge < -0.3 is 51.8 Å². The Morgan fingerprint density at radius 2 is 1.03 bits per heavy atom. The minimum Gasteiger partial charge on any atom is -0.480 e. The van der Waals surface area contributed by atoms with E-state index in [-0.39, 0.29) is 44.8 Å². The Morgan fingerprint density at radius 1 is 0.561 bits per heavy atom. The van der Waals surface area contributed by atoms with Crippen LogP contribution in [0.2, 0.25) is 0 Å². The zero-order valence-electron chi connectivity index (χ0n) is 40.2. The Kier molecular flexibility index (Phi) is 23.7. The van der Waals surface area contributed by atoms with Crippen LogP contribution in [0.1, 0.15) is 136 Å². The molecule has 0 aliphatic carbocycles. The lowest BCUT2D eigenvalue weighted by atomic mass is 10.0.